The van der Waals surface area contributed by atoms with Gasteiger partial charge in [-0.2, -0.15) is 0 Å². The van der Waals surface area contributed by atoms with E-state index in [0.29, 0.717) is 5.15 Å². The molecule has 0 aliphatic rings. The predicted molar refractivity (Wildman–Crippen MR) is 70.4 cm³/mol. The molecule has 0 saturated carbocycles. The zero-order valence-electron chi connectivity index (χ0n) is 9.01. The molecule has 0 aliphatic heterocycles. The van der Waals surface area contributed by atoms with E-state index in [9.17, 15) is 0 Å². The van der Waals surface area contributed by atoms with Crippen LogP contribution >= 0.6 is 22.9 Å². The largest absolute Gasteiger partial charge is 0.238 e. The molecule has 2 heterocycles. The Kier molecular flexibility index (Phi) is 2.53. The van der Waals surface area contributed by atoms with Crippen LogP contribution in [0, 0.1) is 6.92 Å². The monoisotopic (exact) mass is 261 g/mol. The first kappa shape index (κ1) is 10.6. The number of halogens is 1. The summed E-state index contributed by atoms with van der Waals surface area (Å²) in [5.41, 5.74) is 2.61. The van der Waals surface area contributed by atoms with Crippen LogP contribution in [0.15, 0.2) is 30.3 Å². The molecule has 0 saturated heterocycles. The van der Waals surface area contributed by atoms with E-state index in [-0.39, 0.29) is 0 Å². The van der Waals surface area contributed by atoms with Gasteiger partial charge in [0.2, 0.25) is 0 Å². The Balaban J connectivity index is 2.34. The molecule has 3 nitrogen and oxygen atoms in total. The minimum atomic E-state index is 0.365. The van der Waals surface area contributed by atoms with Gasteiger partial charge in [0.15, 0.2) is 5.15 Å². The summed E-state index contributed by atoms with van der Waals surface area (Å²) in [6.07, 6.45) is 0. The van der Waals surface area contributed by atoms with E-state index in [4.69, 9.17) is 11.6 Å². The van der Waals surface area contributed by atoms with Crippen molar-refractivity contribution in [2.24, 2.45) is 0 Å². The van der Waals surface area contributed by atoms with Crippen LogP contribution in [0.5, 0.6) is 0 Å². The number of thiazole rings is 1. The Morgan fingerprint density at radius 1 is 1.12 bits per heavy atom. The number of aryl methyl sites for hydroxylation is 1. The topological polar surface area (TPSA) is 38.7 Å². The minimum Gasteiger partial charge on any atom is -0.238 e. The molecule has 0 bridgehead atoms. The Hall–Kier alpha value is -1.52. The van der Waals surface area contributed by atoms with Gasteiger partial charge in [0.05, 0.1) is 9.71 Å². The van der Waals surface area contributed by atoms with Crippen LogP contribution in [-0.4, -0.2) is 15.2 Å². The van der Waals surface area contributed by atoms with Crippen molar-refractivity contribution in [2.45, 2.75) is 6.92 Å². The van der Waals surface area contributed by atoms with E-state index in [2.05, 4.69) is 15.2 Å². The molecule has 17 heavy (non-hydrogen) atoms. The highest BCUT2D eigenvalue weighted by atomic mass is 35.5. The highest BCUT2D eigenvalue weighted by Crippen LogP contribution is 2.33. The fourth-order valence-corrected chi connectivity index (χ4v) is 2.86. The third kappa shape index (κ3) is 1.79. The number of hydrogen-bond acceptors (Lipinski definition) is 4. The molecule has 5 heteroatoms. The third-order valence-corrected chi connectivity index (χ3v) is 3.66. The van der Waals surface area contributed by atoms with Gasteiger partial charge >= 0.3 is 0 Å². The molecular weight excluding hydrogens is 254 g/mol. The maximum atomic E-state index is 6.00. The number of fused-ring (bicyclic) bond motifs is 1. The van der Waals surface area contributed by atoms with Gasteiger partial charge in [-0.3, -0.25) is 0 Å². The average Bonchev–Trinajstić information content (AvgIpc) is 2.73. The van der Waals surface area contributed by atoms with E-state index in [0.717, 1.165) is 26.5 Å². The summed E-state index contributed by atoms with van der Waals surface area (Å²) in [5, 5.41) is 9.47. The van der Waals surface area contributed by atoms with E-state index in [1.165, 1.54) is 0 Å². The van der Waals surface area contributed by atoms with Crippen LogP contribution in [-0.2, 0) is 0 Å². The van der Waals surface area contributed by atoms with E-state index in [1.807, 2.05) is 37.3 Å². The lowest BCUT2D eigenvalue weighted by Gasteiger charge is -2.00. The van der Waals surface area contributed by atoms with Crippen molar-refractivity contribution < 1.29 is 0 Å². The standard InChI is InChI=1S/C12H8ClN3S/c1-7-14-10-11(17-7)9(15-16-12(10)13)8-5-3-2-4-6-8/h2-6H,1H3. The van der Waals surface area contributed by atoms with Crippen molar-refractivity contribution in [1.82, 2.24) is 15.2 Å². The van der Waals surface area contributed by atoms with E-state index in [1.54, 1.807) is 11.3 Å². The fraction of sp³-hybridized carbons (Fsp3) is 0.0833. The van der Waals surface area contributed by atoms with Gasteiger partial charge in [0, 0.05) is 5.56 Å². The summed E-state index contributed by atoms with van der Waals surface area (Å²) in [6.45, 7) is 1.95. The van der Waals surface area contributed by atoms with Gasteiger partial charge in [0.25, 0.3) is 0 Å². The van der Waals surface area contributed by atoms with Crippen molar-refractivity contribution in [3.8, 4) is 11.3 Å². The Morgan fingerprint density at radius 3 is 2.65 bits per heavy atom. The molecule has 84 valence electrons. The molecule has 0 radical (unpaired) electrons. The Bertz CT molecular complexity index is 679. The SMILES string of the molecule is Cc1nc2c(Cl)nnc(-c3ccccc3)c2s1. The van der Waals surface area contributed by atoms with Gasteiger partial charge in [0.1, 0.15) is 11.2 Å². The summed E-state index contributed by atoms with van der Waals surface area (Å²) >= 11 is 7.59. The Morgan fingerprint density at radius 2 is 1.88 bits per heavy atom. The zero-order valence-corrected chi connectivity index (χ0v) is 10.6. The summed E-state index contributed by atoms with van der Waals surface area (Å²) in [7, 11) is 0. The van der Waals surface area contributed by atoms with Crippen molar-refractivity contribution in [3.63, 3.8) is 0 Å². The molecule has 1 aromatic carbocycles. The van der Waals surface area contributed by atoms with Crippen molar-refractivity contribution >= 4 is 33.2 Å². The summed E-state index contributed by atoms with van der Waals surface area (Å²) in [5.74, 6) is 0. The van der Waals surface area contributed by atoms with Crippen molar-refractivity contribution in [1.29, 1.82) is 0 Å². The molecule has 3 rings (SSSR count). The first-order valence-electron chi connectivity index (χ1n) is 5.10. The Labute approximate surface area is 107 Å². The number of nitrogens with zero attached hydrogens (tertiary/aromatic N) is 3. The molecule has 0 unspecified atom stereocenters. The highest BCUT2D eigenvalue weighted by molar-refractivity contribution is 7.19. The minimum absolute atomic E-state index is 0.365. The van der Waals surface area contributed by atoms with Crippen LogP contribution in [0.4, 0.5) is 0 Å². The lowest BCUT2D eigenvalue weighted by atomic mass is 10.1. The summed E-state index contributed by atoms with van der Waals surface area (Å²) in [4.78, 5) is 4.38. The smallest absolute Gasteiger partial charge is 0.178 e. The zero-order chi connectivity index (χ0) is 11.8. The van der Waals surface area contributed by atoms with Gasteiger partial charge in [-0.05, 0) is 6.92 Å². The van der Waals surface area contributed by atoms with Gasteiger partial charge in [-0.25, -0.2) is 4.98 Å². The molecule has 0 fully saturated rings. The molecule has 0 atom stereocenters. The number of hydrogen-bond donors (Lipinski definition) is 0. The van der Waals surface area contributed by atoms with Crippen LogP contribution in [0.2, 0.25) is 5.15 Å². The second-order valence-corrected chi connectivity index (χ2v) is 5.18. The average molecular weight is 262 g/mol. The first-order valence-corrected chi connectivity index (χ1v) is 6.30. The summed E-state index contributed by atoms with van der Waals surface area (Å²) < 4.78 is 0.994. The van der Waals surface area contributed by atoms with Crippen LogP contribution < -0.4 is 0 Å². The first-order chi connectivity index (χ1) is 8.25. The molecule has 0 spiro atoms. The van der Waals surface area contributed by atoms with E-state index < -0.39 is 0 Å². The second-order valence-electron chi connectivity index (χ2n) is 3.62. The van der Waals surface area contributed by atoms with Gasteiger partial charge in [-0.15, -0.1) is 21.5 Å². The van der Waals surface area contributed by atoms with Gasteiger partial charge in [-0.1, -0.05) is 41.9 Å². The quantitative estimate of drug-likeness (QED) is 0.670. The van der Waals surface area contributed by atoms with Crippen LogP contribution in [0.25, 0.3) is 21.5 Å². The highest BCUT2D eigenvalue weighted by Gasteiger charge is 2.13. The molecule has 0 amide bonds. The normalized spacial score (nSPS) is 10.9. The molecule has 0 aliphatic carbocycles. The molecular formula is C12H8ClN3S. The van der Waals surface area contributed by atoms with Crippen LogP contribution in [0.1, 0.15) is 5.01 Å². The molecule has 2 aromatic heterocycles. The number of benzene rings is 1. The fourth-order valence-electron chi connectivity index (χ4n) is 1.70. The van der Waals surface area contributed by atoms with E-state index >= 15 is 0 Å². The number of aromatic nitrogens is 3. The van der Waals surface area contributed by atoms with Crippen LogP contribution in [0.3, 0.4) is 0 Å². The summed E-state index contributed by atoms with van der Waals surface area (Å²) in [6, 6.07) is 9.94. The lowest BCUT2D eigenvalue weighted by molar-refractivity contribution is 1.05. The number of rotatable bonds is 1. The maximum Gasteiger partial charge on any atom is 0.178 e. The lowest BCUT2D eigenvalue weighted by Crippen LogP contribution is -1.89. The maximum absolute atomic E-state index is 6.00. The second kappa shape index (κ2) is 4.05. The third-order valence-electron chi connectivity index (χ3n) is 2.43. The van der Waals surface area contributed by atoms with Crippen molar-refractivity contribution in [3.05, 3.63) is 40.5 Å². The molecule has 3 aromatic rings. The molecule has 0 N–H and O–H groups in total. The predicted octanol–water partition coefficient (Wildman–Crippen LogP) is 3.72. The van der Waals surface area contributed by atoms with Gasteiger partial charge < -0.3 is 0 Å². The van der Waals surface area contributed by atoms with Crippen molar-refractivity contribution in [2.75, 3.05) is 0 Å².